The molecule has 1 aromatic rings. The number of ether oxygens (including phenoxy) is 1. The smallest absolute Gasteiger partial charge is 0.125 e. The van der Waals surface area contributed by atoms with Crippen LogP contribution >= 0.6 is 0 Å². The van der Waals surface area contributed by atoms with Gasteiger partial charge in [-0.15, -0.1) is 0 Å². The zero-order valence-electron chi connectivity index (χ0n) is 12.3. The van der Waals surface area contributed by atoms with Crippen molar-refractivity contribution in [3.63, 3.8) is 0 Å². The summed E-state index contributed by atoms with van der Waals surface area (Å²) in [5.74, 6) is -0.194. The number of hydrogen-bond donors (Lipinski definition) is 1. The van der Waals surface area contributed by atoms with Crippen LogP contribution in [0.4, 0.5) is 10.1 Å². The van der Waals surface area contributed by atoms with E-state index in [1.54, 1.807) is 6.07 Å². The van der Waals surface area contributed by atoms with Gasteiger partial charge in [-0.3, -0.25) is 4.90 Å². The molecule has 2 rings (SSSR count). The molecule has 20 heavy (non-hydrogen) atoms. The summed E-state index contributed by atoms with van der Waals surface area (Å²) >= 11 is 0. The van der Waals surface area contributed by atoms with Crippen LogP contribution in [0.15, 0.2) is 24.3 Å². The fraction of sp³-hybridized carbons (Fsp3) is 0.625. The van der Waals surface area contributed by atoms with Crippen LogP contribution in [-0.2, 0) is 4.74 Å². The zero-order chi connectivity index (χ0) is 14.2. The number of benzene rings is 1. The lowest BCUT2D eigenvalue weighted by atomic mass is 10.1. The van der Waals surface area contributed by atoms with Crippen molar-refractivity contribution in [2.75, 3.05) is 38.1 Å². The highest BCUT2D eigenvalue weighted by molar-refractivity contribution is 5.42. The molecule has 3 nitrogen and oxygen atoms in total. The van der Waals surface area contributed by atoms with Gasteiger partial charge in [0, 0.05) is 31.9 Å². The fourth-order valence-electron chi connectivity index (χ4n) is 2.59. The van der Waals surface area contributed by atoms with Crippen molar-refractivity contribution in [1.29, 1.82) is 0 Å². The topological polar surface area (TPSA) is 24.5 Å². The summed E-state index contributed by atoms with van der Waals surface area (Å²) in [6.45, 7) is 6.97. The molecule has 1 heterocycles. The van der Waals surface area contributed by atoms with Gasteiger partial charge in [0.05, 0.1) is 6.10 Å². The second kappa shape index (κ2) is 8.22. The predicted octanol–water partition coefficient (Wildman–Crippen LogP) is 3.13. The molecule has 1 atom stereocenters. The first-order chi connectivity index (χ1) is 9.78. The summed E-state index contributed by atoms with van der Waals surface area (Å²) in [5.41, 5.74) is 0.848. The first-order valence-electron chi connectivity index (χ1n) is 7.61. The van der Waals surface area contributed by atoms with Crippen molar-refractivity contribution >= 4 is 5.69 Å². The number of anilines is 1. The monoisotopic (exact) mass is 280 g/mol. The third kappa shape index (κ3) is 5.10. The highest BCUT2D eigenvalue weighted by Crippen LogP contribution is 2.14. The van der Waals surface area contributed by atoms with Crippen LogP contribution in [0.1, 0.15) is 26.2 Å². The Hall–Kier alpha value is -1.13. The lowest BCUT2D eigenvalue weighted by Gasteiger charge is -2.32. The van der Waals surface area contributed by atoms with Crippen molar-refractivity contribution in [2.45, 2.75) is 32.3 Å². The highest BCUT2D eigenvalue weighted by atomic mass is 19.1. The van der Waals surface area contributed by atoms with Crippen molar-refractivity contribution in [3.8, 4) is 0 Å². The third-order valence-electron chi connectivity index (χ3n) is 3.60. The number of hydrogen-bond acceptors (Lipinski definition) is 3. The Morgan fingerprint density at radius 2 is 2.35 bits per heavy atom. The fourth-order valence-corrected chi connectivity index (χ4v) is 2.59. The number of rotatable bonds is 7. The van der Waals surface area contributed by atoms with Crippen LogP contribution in [0.5, 0.6) is 0 Å². The van der Waals surface area contributed by atoms with Crippen molar-refractivity contribution in [3.05, 3.63) is 30.1 Å². The Morgan fingerprint density at radius 3 is 3.15 bits per heavy atom. The largest absolute Gasteiger partial charge is 0.384 e. The predicted molar refractivity (Wildman–Crippen MR) is 80.6 cm³/mol. The molecule has 0 aromatic heterocycles. The van der Waals surface area contributed by atoms with Crippen molar-refractivity contribution < 1.29 is 9.13 Å². The SMILES string of the molecule is CCCOC1CCCN(CCNc2cccc(F)c2)C1. The van der Waals surface area contributed by atoms with Gasteiger partial charge in [0.15, 0.2) is 0 Å². The molecule has 0 saturated carbocycles. The normalized spacial score (nSPS) is 20.0. The van der Waals surface area contributed by atoms with E-state index in [-0.39, 0.29) is 5.82 Å². The van der Waals surface area contributed by atoms with Gasteiger partial charge in [0.1, 0.15) is 5.82 Å². The number of nitrogens with zero attached hydrogens (tertiary/aromatic N) is 1. The molecule has 1 aromatic carbocycles. The molecule has 1 N–H and O–H groups in total. The molecule has 0 spiro atoms. The van der Waals surface area contributed by atoms with E-state index in [1.165, 1.54) is 25.0 Å². The highest BCUT2D eigenvalue weighted by Gasteiger charge is 2.19. The number of nitrogens with one attached hydrogen (secondary N) is 1. The Kier molecular flexibility index (Phi) is 6.27. The molecule has 4 heteroatoms. The molecular formula is C16H25FN2O. The van der Waals surface area contributed by atoms with E-state index in [0.717, 1.165) is 44.9 Å². The third-order valence-corrected chi connectivity index (χ3v) is 3.60. The number of likely N-dealkylation sites (tertiary alicyclic amines) is 1. The first kappa shape index (κ1) is 15.3. The van der Waals surface area contributed by atoms with E-state index in [2.05, 4.69) is 17.1 Å². The van der Waals surface area contributed by atoms with Gasteiger partial charge in [-0.2, -0.15) is 0 Å². The van der Waals surface area contributed by atoms with E-state index in [1.807, 2.05) is 6.07 Å². The van der Waals surface area contributed by atoms with Crippen LogP contribution in [0.2, 0.25) is 0 Å². The van der Waals surface area contributed by atoms with Crippen LogP contribution in [-0.4, -0.2) is 43.8 Å². The Morgan fingerprint density at radius 1 is 1.45 bits per heavy atom. The van der Waals surface area contributed by atoms with E-state index < -0.39 is 0 Å². The average Bonchev–Trinajstić information content (AvgIpc) is 2.46. The summed E-state index contributed by atoms with van der Waals surface area (Å²) in [7, 11) is 0. The summed E-state index contributed by atoms with van der Waals surface area (Å²) in [5, 5.41) is 3.27. The Labute approximate surface area is 121 Å². The molecule has 1 unspecified atom stereocenters. The van der Waals surface area contributed by atoms with Crippen LogP contribution < -0.4 is 5.32 Å². The minimum atomic E-state index is -0.194. The Bertz CT molecular complexity index is 400. The average molecular weight is 280 g/mol. The molecule has 1 saturated heterocycles. The van der Waals surface area contributed by atoms with E-state index in [9.17, 15) is 4.39 Å². The molecule has 1 aliphatic rings. The maximum absolute atomic E-state index is 13.1. The van der Waals surface area contributed by atoms with Gasteiger partial charge in [-0.05, 0) is 44.0 Å². The van der Waals surface area contributed by atoms with Gasteiger partial charge in [0.2, 0.25) is 0 Å². The maximum atomic E-state index is 13.1. The summed E-state index contributed by atoms with van der Waals surface area (Å²) in [6.07, 6.45) is 3.85. The van der Waals surface area contributed by atoms with Crippen molar-refractivity contribution in [2.24, 2.45) is 0 Å². The Balaban J connectivity index is 1.68. The molecule has 1 fully saturated rings. The molecule has 112 valence electrons. The van der Waals surface area contributed by atoms with Crippen LogP contribution in [0.25, 0.3) is 0 Å². The van der Waals surface area contributed by atoms with Crippen LogP contribution in [0, 0.1) is 5.82 Å². The first-order valence-corrected chi connectivity index (χ1v) is 7.61. The maximum Gasteiger partial charge on any atom is 0.125 e. The lowest BCUT2D eigenvalue weighted by Crippen LogP contribution is -2.41. The van der Waals surface area contributed by atoms with E-state index in [4.69, 9.17) is 4.74 Å². The quantitative estimate of drug-likeness (QED) is 0.830. The minimum absolute atomic E-state index is 0.194. The second-order valence-electron chi connectivity index (χ2n) is 5.37. The van der Waals surface area contributed by atoms with E-state index in [0.29, 0.717) is 6.10 Å². The van der Waals surface area contributed by atoms with Gasteiger partial charge in [-0.25, -0.2) is 4.39 Å². The molecule has 1 aliphatic heterocycles. The van der Waals surface area contributed by atoms with Gasteiger partial charge < -0.3 is 10.1 Å². The molecule has 0 amide bonds. The van der Waals surface area contributed by atoms with Gasteiger partial charge in [-0.1, -0.05) is 13.0 Å². The summed E-state index contributed by atoms with van der Waals surface area (Å²) in [6, 6.07) is 6.62. The van der Waals surface area contributed by atoms with Crippen molar-refractivity contribution in [1.82, 2.24) is 4.90 Å². The second-order valence-corrected chi connectivity index (χ2v) is 5.37. The number of halogens is 1. The van der Waals surface area contributed by atoms with Gasteiger partial charge >= 0.3 is 0 Å². The molecule has 0 bridgehead atoms. The zero-order valence-corrected chi connectivity index (χ0v) is 12.3. The minimum Gasteiger partial charge on any atom is -0.384 e. The summed E-state index contributed by atoms with van der Waals surface area (Å²) in [4.78, 5) is 2.43. The molecular weight excluding hydrogens is 255 g/mol. The van der Waals surface area contributed by atoms with Crippen LogP contribution in [0.3, 0.4) is 0 Å². The van der Waals surface area contributed by atoms with Gasteiger partial charge in [0.25, 0.3) is 0 Å². The molecule has 0 aliphatic carbocycles. The van der Waals surface area contributed by atoms with E-state index >= 15 is 0 Å². The number of piperidine rings is 1. The lowest BCUT2D eigenvalue weighted by molar-refractivity contribution is 0.00110. The summed E-state index contributed by atoms with van der Waals surface area (Å²) < 4.78 is 18.9. The standard InChI is InChI=1S/C16H25FN2O/c1-2-11-20-16-7-4-9-19(13-16)10-8-18-15-6-3-5-14(17)12-15/h3,5-6,12,16,18H,2,4,7-11,13H2,1H3. The molecule has 0 radical (unpaired) electrons.